The molecule has 1 N–H and O–H groups in total. The quantitative estimate of drug-likeness (QED) is 0.469. The minimum absolute atomic E-state index is 0.0437. The van der Waals surface area contributed by atoms with E-state index in [0.717, 1.165) is 0 Å². The van der Waals surface area contributed by atoms with Gasteiger partial charge in [0.05, 0.1) is 37.1 Å². The first kappa shape index (κ1) is 20.1. The lowest BCUT2D eigenvalue weighted by Crippen LogP contribution is -2.18. The van der Waals surface area contributed by atoms with E-state index in [1.807, 2.05) is 0 Å². The molecule has 29 heavy (non-hydrogen) atoms. The molecule has 0 saturated heterocycles. The summed E-state index contributed by atoms with van der Waals surface area (Å²) in [5, 5.41) is 4.32. The third-order valence-corrected chi connectivity index (χ3v) is 4.01. The highest BCUT2D eigenvalue weighted by Crippen LogP contribution is 2.25. The van der Waals surface area contributed by atoms with E-state index in [4.69, 9.17) is 25.8 Å². The molecule has 0 aliphatic rings. The van der Waals surface area contributed by atoms with Crippen LogP contribution in [0.4, 0.5) is 0 Å². The smallest absolute Gasteiger partial charge is 0.328 e. The molecular weight excluding hydrogens is 396 g/mol. The Balaban J connectivity index is 1.76. The van der Waals surface area contributed by atoms with Crippen LogP contribution in [-0.2, 0) is 0 Å². The number of hydrogen-bond donors (Lipinski definition) is 1. The number of amides is 1. The van der Waals surface area contributed by atoms with Crippen LogP contribution in [0.5, 0.6) is 23.5 Å². The lowest BCUT2D eigenvalue weighted by Gasteiger charge is -2.09. The zero-order valence-corrected chi connectivity index (χ0v) is 16.4. The summed E-state index contributed by atoms with van der Waals surface area (Å²) in [4.78, 5) is 20.4. The second-order valence-corrected chi connectivity index (χ2v) is 5.96. The van der Waals surface area contributed by atoms with Gasteiger partial charge in [-0.25, -0.2) is 5.43 Å². The molecule has 1 heterocycles. The Bertz CT molecular complexity index is 1020. The van der Waals surface area contributed by atoms with Crippen LogP contribution in [-0.4, -0.2) is 36.3 Å². The summed E-state index contributed by atoms with van der Waals surface area (Å²) < 4.78 is 16.0. The van der Waals surface area contributed by atoms with Gasteiger partial charge in [-0.1, -0.05) is 35.9 Å². The Labute approximate surface area is 172 Å². The summed E-state index contributed by atoms with van der Waals surface area (Å²) in [5.41, 5.74) is 3.36. The van der Waals surface area contributed by atoms with Gasteiger partial charge >= 0.3 is 6.01 Å². The van der Waals surface area contributed by atoms with Crippen molar-refractivity contribution in [3.63, 3.8) is 0 Å². The highest BCUT2D eigenvalue weighted by atomic mass is 35.5. The van der Waals surface area contributed by atoms with Crippen molar-refractivity contribution in [2.75, 3.05) is 14.2 Å². The number of para-hydroxylation sites is 1. The Kier molecular flexibility index (Phi) is 6.59. The zero-order valence-electron chi connectivity index (χ0n) is 15.6. The molecule has 0 unspecified atom stereocenters. The normalized spacial score (nSPS) is 10.6. The van der Waals surface area contributed by atoms with E-state index < -0.39 is 5.91 Å². The topological polar surface area (TPSA) is 94.9 Å². The van der Waals surface area contributed by atoms with Crippen molar-refractivity contribution in [1.29, 1.82) is 0 Å². The second-order valence-electron chi connectivity index (χ2n) is 5.55. The van der Waals surface area contributed by atoms with Crippen LogP contribution >= 0.6 is 11.6 Å². The van der Waals surface area contributed by atoms with Gasteiger partial charge in [0.15, 0.2) is 0 Å². The van der Waals surface area contributed by atoms with Crippen molar-refractivity contribution >= 4 is 23.7 Å². The monoisotopic (exact) mass is 412 g/mol. The molecule has 0 bridgehead atoms. The van der Waals surface area contributed by atoms with E-state index in [-0.39, 0.29) is 6.01 Å². The number of hydrogen-bond acceptors (Lipinski definition) is 7. The van der Waals surface area contributed by atoms with Crippen LogP contribution in [0.3, 0.4) is 0 Å². The van der Waals surface area contributed by atoms with Crippen LogP contribution in [0, 0.1) is 0 Å². The van der Waals surface area contributed by atoms with E-state index in [9.17, 15) is 4.79 Å². The molecule has 0 spiro atoms. The summed E-state index contributed by atoms with van der Waals surface area (Å²) in [7, 11) is 2.96. The van der Waals surface area contributed by atoms with Gasteiger partial charge in [0.1, 0.15) is 5.75 Å². The fourth-order valence-corrected chi connectivity index (χ4v) is 2.50. The number of hydrazone groups is 1. The van der Waals surface area contributed by atoms with Gasteiger partial charge in [0, 0.05) is 5.56 Å². The minimum atomic E-state index is -0.425. The van der Waals surface area contributed by atoms with Gasteiger partial charge in [-0.15, -0.1) is 0 Å². The fourth-order valence-electron chi connectivity index (χ4n) is 2.28. The third kappa shape index (κ3) is 5.20. The summed E-state index contributed by atoms with van der Waals surface area (Å²) in [6, 6.07) is 15.3. The van der Waals surface area contributed by atoms with Crippen molar-refractivity contribution in [3.05, 3.63) is 70.7 Å². The molecule has 0 fully saturated rings. The first-order chi connectivity index (χ1) is 14.1. The van der Waals surface area contributed by atoms with E-state index in [1.165, 1.54) is 26.5 Å². The maximum atomic E-state index is 12.2. The van der Waals surface area contributed by atoms with Crippen molar-refractivity contribution in [3.8, 4) is 23.5 Å². The molecular formula is C20H17ClN4O4. The zero-order chi connectivity index (χ0) is 20.6. The van der Waals surface area contributed by atoms with Crippen LogP contribution in [0.15, 0.2) is 59.7 Å². The van der Waals surface area contributed by atoms with Gasteiger partial charge in [-0.05, 0) is 24.3 Å². The number of halogens is 1. The molecule has 148 valence electrons. The number of nitrogens with one attached hydrogen (secondary N) is 1. The number of benzene rings is 2. The van der Waals surface area contributed by atoms with Gasteiger partial charge in [0.2, 0.25) is 11.8 Å². The van der Waals surface area contributed by atoms with E-state index in [2.05, 4.69) is 20.5 Å². The van der Waals surface area contributed by atoms with Gasteiger partial charge < -0.3 is 14.2 Å². The summed E-state index contributed by atoms with van der Waals surface area (Å²) in [5.74, 6) is 0.597. The molecule has 1 amide bonds. The number of ether oxygens (including phenoxy) is 3. The maximum Gasteiger partial charge on any atom is 0.328 e. The highest BCUT2D eigenvalue weighted by Gasteiger charge is 2.11. The van der Waals surface area contributed by atoms with Crippen molar-refractivity contribution in [1.82, 2.24) is 15.4 Å². The van der Waals surface area contributed by atoms with E-state index in [0.29, 0.717) is 33.7 Å². The Morgan fingerprint density at radius 3 is 2.38 bits per heavy atom. The molecule has 0 atom stereocenters. The molecule has 8 nitrogen and oxygen atoms in total. The lowest BCUT2D eigenvalue weighted by molar-refractivity contribution is 0.0955. The summed E-state index contributed by atoms with van der Waals surface area (Å²) in [6.07, 6.45) is 1.45. The second kappa shape index (κ2) is 9.52. The molecule has 0 radical (unpaired) electrons. The molecule has 1 aromatic heterocycles. The number of rotatable bonds is 7. The molecule has 3 rings (SSSR count). The van der Waals surface area contributed by atoms with Crippen LogP contribution in [0.1, 0.15) is 15.9 Å². The first-order valence-electron chi connectivity index (χ1n) is 8.42. The highest BCUT2D eigenvalue weighted by molar-refractivity contribution is 6.33. The van der Waals surface area contributed by atoms with Gasteiger partial charge in [-0.2, -0.15) is 15.1 Å². The number of carbonyl (C=O) groups excluding carboxylic acids is 1. The lowest BCUT2D eigenvalue weighted by atomic mass is 10.2. The standard InChI is InChI=1S/C20H17ClN4O4/c1-27-17-11-18(28-2)24-20(23-17)29-16-10-6-3-7-13(16)12-22-25-19(26)14-8-4-5-9-15(14)21/h3-12H,1-2H3,(H,25,26)/b22-12+. The largest absolute Gasteiger partial charge is 0.481 e. The number of methoxy groups -OCH3 is 2. The van der Waals surface area contributed by atoms with Gasteiger partial charge in [-0.3, -0.25) is 4.79 Å². The van der Waals surface area contributed by atoms with Gasteiger partial charge in [0.25, 0.3) is 5.91 Å². The van der Waals surface area contributed by atoms with Crippen molar-refractivity contribution in [2.24, 2.45) is 5.10 Å². The molecule has 2 aromatic carbocycles. The summed E-state index contributed by atoms with van der Waals surface area (Å²) in [6.45, 7) is 0. The molecule has 0 aliphatic carbocycles. The Morgan fingerprint density at radius 1 is 1.03 bits per heavy atom. The van der Waals surface area contributed by atoms with Crippen molar-refractivity contribution in [2.45, 2.75) is 0 Å². The third-order valence-electron chi connectivity index (χ3n) is 3.69. The molecule has 3 aromatic rings. The minimum Gasteiger partial charge on any atom is -0.481 e. The van der Waals surface area contributed by atoms with Crippen LogP contribution < -0.4 is 19.6 Å². The molecule has 0 saturated carbocycles. The van der Waals surface area contributed by atoms with E-state index in [1.54, 1.807) is 48.5 Å². The average molecular weight is 413 g/mol. The fraction of sp³-hybridized carbons (Fsp3) is 0.100. The first-order valence-corrected chi connectivity index (χ1v) is 8.80. The van der Waals surface area contributed by atoms with Crippen molar-refractivity contribution < 1.29 is 19.0 Å². The Morgan fingerprint density at radius 2 is 1.69 bits per heavy atom. The number of nitrogens with zero attached hydrogens (tertiary/aromatic N) is 3. The number of carbonyl (C=O) groups is 1. The molecule has 0 aliphatic heterocycles. The van der Waals surface area contributed by atoms with E-state index >= 15 is 0 Å². The predicted molar refractivity (Wildman–Crippen MR) is 108 cm³/mol. The molecule has 9 heteroatoms. The predicted octanol–water partition coefficient (Wildman–Crippen LogP) is 3.70. The average Bonchev–Trinajstić information content (AvgIpc) is 2.74. The SMILES string of the molecule is COc1cc(OC)nc(Oc2ccccc2/C=N/NC(=O)c2ccccc2Cl)n1. The van der Waals surface area contributed by atoms with Crippen LogP contribution in [0.25, 0.3) is 0 Å². The van der Waals surface area contributed by atoms with Crippen LogP contribution in [0.2, 0.25) is 5.02 Å². The number of aromatic nitrogens is 2. The summed E-state index contributed by atoms with van der Waals surface area (Å²) >= 11 is 6.01. The maximum absolute atomic E-state index is 12.2. The Hall–Kier alpha value is -3.65.